The van der Waals surface area contributed by atoms with Gasteiger partial charge in [-0.25, -0.2) is 4.98 Å². The molecule has 1 aromatic carbocycles. The van der Waals surface area contributed by atoms with Crippen molar-refractivity contribution >= 4 is 27.5 Å². The molecule has 0 aliphatic rings. The van der Waals surface area contributed by atoms with Crippen molar-refractivity contribution < 1.29 is 4.79 Å². The minimum absolute atomic E-state index is 0.0851. The van der Waals surface area contributed by atoms with Crippen LogP contribution < -0.4 is 5.32 Å². The highest BCUT2D eigenvalue weighted by atomic mass is 79.9. The van der Waals surface area contributed by atoms with Crippen LogP contribution in [0.25, 0.3) is 11.1 Å². The fourth-order valence-corrected chi connectivity index (χ4v) is 2.88. The van der Waals surface area contributed by atoms with Gasteiger partial charge in [0, 0.05) is 17.6 Å². The lowest BCUT2D eigenvalue weighted by atomic mass is 10.0. The molecule has 1 atom stereocenters. The van der Waals surface area contributed by atoms with Gasteiger partial charge in [0.25, 0.3) is 0 Å². The second-order valence-corrected chi connectivity index (χ2v) is 6.67. The number of nitrogens with one attached hydrogen (secondary N) is 1. The summed E-state index contributed by atoms with van der Waals surface area (Å²) in [5.74, 6) is -0.418. The van der Waals surface area contributed by atoms with Crippen molar-refractivity contribution in [2.24, 2.45) is 0 Å². The van der Waals surface area contributed by atoms with E-state index < -0.39 is 0 Å². The first-order valence-electron chi connectivity index (χ1n) is 7.99. The first-order valence-corrected chi connectivity index (χ1v) is 8.78. The standard InChI is InChI=1S/C20H18BrN3O/c1-13-12-16(10-11-22-13)15-6-8-17(9-7-15)23-20(25)14(2)18-4-3-5-19(21)24-18/h3-12,14H,1-2H3,(H,23,25). The average molecular weight is 396 g/mol. The number of nitrogens with zero attached hydrogens (tertiary/aromatic N) is 2. The maximum Gasteiger partial charge on any atom is 0.233 e. The third-order valence-corrected chi connectivity index (χ3v) is 4.40. The Morgan fingerprint density at radius 3 is 2.52 bits per heavy atom. The van der Waals surface area contributed by atoms with Crippen molar-refractivity contribution in [1.29, 1.82) is 0 Å². The molecule has 1 N–H and O–H groups in total. The molecule has 2 heterocycles. The second kappa shape index (κ2) is 7.57. The van der Waals surface area contributed by atoms with E-state index in [1.54, 1.807) is 6.20 Å². The largest absolute Gasteiger partial charge is 0.326 e. The summed E-state index contributed by atoms with van der Waals surface area (Å²) >= 11 is 3.33. The van der Waals surface area contributed by atoms with Crippen molar-refractivity contribution in [2.75, 3.05) is 5.32 Å². The molecule has 1 amide bonds. The minimum Gasteiger partial charge on any atom is -0.326 e. The van der Waals surface area contributed by atoms with Crippen LogP contribution in [0.5, 0.6) is 0 Å². The maximum absolute atomic E-state index is 12.4. The SMILES string of the molecule is Cc1cc(-c2ccc(NC(=O)C(C)c3cccc(Br)n3)cc2)ccn1. The molecule has 0 aliphatic heterocycles. The van der Waals surface area contributed by atoms with E-state index >= 15 is 0 Å². The van der Waals surface area contributed by atoms with Crippen LogP contribution in [0.3, 0.4) is 0 Å². The Morgan fingerprint density at radius 2 is 1.84 bits per heavy atom. The molecule has 126 valence electrons. The van der Waals surface area contributed by atoms with E-state index in [1.807, 2.05) is 68.4 Å². The molecule has 0 fully saturated rings. The Morgan fingerprint density at radius 1 is 1.08 bits per heavy atom. The van der Waals surface area contributed by atoms with E-state index in [9.17, 15) is 4.79 Å². The summed E-state index contributed by atoms with van der Waals surface area (Å²) in [4.78, 5) is 21.0. The number of halogens is 1. The van der Waals surface area contributed by atoms with Gasteiger partial charge >= 0.3 is 0 Å². The molecular formula is C20H18BrN3O. The van der Waals surface area contributed by atoms with Crippen LogP contribution in [0, 0.1) is 6.92 Å². The van der Waals surface area contributed by atoms with Gasteiger partial charge in [-0.1, -0.05) is 18.2 Å². The fourth-order valence-electron chi connectivity index (χ4n) is 2.52. The number of hydrogen-bond acceptors (Lipinski definition) is 3. The van der Waals surface area contributed by atoms with E-state index in [0.29, 0.717) is 0 Å². The zero-order chi connectivity index (χ0) is 17.8. The topological polar surface area (TPSA) is 54.9 Å². The number of amides is 1. The van der Waals surface area contributed by atoms with Crippen LogP contribution >= 0.6 is 15.9 Å². The number of aromatic nitrogens is 2. The van der Waals surface area contributed by atoms with Gasteiger partial charge in [-0.05, 0) is 77.3 Å². The van der Waals surface area contributed by atoms with Crippen LogP contribution in [0.4, 0.5) is 5.69 Å². The second-order valence-electron chi connectivity index (χ2n) is 5.86. The predicted octanol–water partition coefficient (Wildman–Crippen LogP) is 4.96. The first-order chi connectivity index (χ1) is 12.0. The average Bonchev–Trinajstić information content (AvgIpc) is 2.61. The molecule has 0 bridgehead atoms. The summed E-state index contributed by atoms with van der Waals surface area (Å²) in [5.41, 5.74) is 4.67. The summed E-state index contributed by atoms with van der Waals surface area (Å²) in [6, 6.07) is 17.4. The van der Waals surface area contributed by atoms with E-state index in [2.05, 4.69) is 31.2 Å². The number of aryl methyl sites for hydroxylation is 1. The van der Waals surface area contributed by atoms with E-state index in [1.165, 1.54) is 0 Å². The lowest BCUT2D eigenvalue weighted by Gasteiger charge is -2.12. The number of anilines is 1. The van der Waals surface area contributed by atoms with Crippen LogP contribution in [0.15, 0.2) is 65.4 Å². The first kappa shape index (κ1) is 17.3. The molecule has 0 aliphatic carbocycles. The number of carbonyl (C=O) groups is 1. The summed E-state index contributed by atoms with van der Waals surface area (Å²) in [6.07, 6.45) is 1.80. The molecule has 3 rings (SSSR count). The van der Waals surface area contributed by atoms with Gasteiger partial charge in [0.05, 0.1) is 11.6 Å². The molecule has 4 nitrogen and oxygen atoms in total. The molecule has 25 heavy (non-hydrogen) atoms. The summed E-state index contributed by atoms with van der Waals surface area (Å²) in [6.45, 7) is 3.81. The minimum atomic E-state index is -0.333. The Bertz CT molecular complexity index is 893. The van der Waals surface area contributed by atoms with Gasteiger partial charge in [0.1, 0.15) is 4.60 Å². The molecule has 0 radical (unpaired) electrons. The number of carbonyl (C=O) groups excluding carboxylic acids is 1. The highest BCUT2D eigenvalue weighted by Gasteiger charge is 2.17. The molecule has 5 heteroatoms. The number of benzene rings is 1. The van der Waals surface area contributed by atoms with Gasteiger partial charge < -0.3 is 5.32 Å². The zero-order valence-electron chi connectivity index (χ0n) is 14.0. The van der Waals surface area contributed by atoms with Crippen LogP contribution in [0.2, 0.25) is 0 Å². The molecule has 1 unspecified atom stereocenters. The summed E-state index contributed by atoms with van der Waals surface area (Å²) < 4.78 is 0.724. The Balaban J connectivity index is 1.72. The summed E-state index contributed by atoms with van der Waals surface area (Å²) in [7, 11) is 0. The zero-order valence-corrected chi connectivity index (χ0v) is 15.6. The quantitative estimate of drug-likeness (QED) is 0.635. The Hall–Kier alpha value is -2.53. The van der Waals surface area contributed by atoms with E-state index in [4.69, 9.17) is 0 Å². The molecule has 0 spiro atoms. The van der Waals surface area contributed by atoms with E-state index in [-0.39, 0.29) is 11.8 Å². The molecular weight excluding hydrogens is 378 g/mol. The number of pyridine rings is 2. The normalized spacial score (nSPS) is 11.8. The molecule has 0 saturated heterocycles. The van der Waals surface area contributed by atoms with Gasteiger partial charge in [-0.2, -0.15) is 0 Å². The molecule has 0 saturated carbocycles. The molecule has 3 aromatic rings. The monoisotopic (exact) mass is 395 g/mol. The highest BCUT2D eigenvalue weighted by molar-refractivity contribution is 9.10. The van der Waals surface area contributed by atoms with Crippen LogP contribution in [0.1, 0.15) is 24.2 Å². The van der Waals surface area contributed by atoms with Crippen LogP contribution in [-0.2, 0) is 4.79 Å². The van der Waals surface area contributed by atoms with Crippen molar-refractivity contribution in [3.63, 3.8) is 0 Å². The van der Waals surface area contributed by atoms with Crippen molar-refractivity contribution in [3.05, 3.63) is 76.8 Å². The fraction of sp³-hybridized carbons (Fsp3) is 0.150. The number of rotatable bonds is 4. The van der Waals surface area contributed by atoms with Crippen molar-refractivity contribution in [1.82, 2.24) is 9.97 Å². The third kappa shape index (κ3) is 4.31. The predicted molar refractivity (Wildman–Crippen MR) is 103 cm³/mol. The highest BCUT2D eigenvalue weighted by Crippen LogP contribution is 2.23. The maximum atomic E-state index is 12.4. The Labute approximate surface area is 155 Å². The lowest BCUT2D eigenvalue weighted by molar-refractivity contribution is -0.117. The van der Waals surface area contributed by atoms with Crippen molar-refractivity contribution in [2.45, 2.75) is 19.8 Å². The third-order valence-electron chi connectivity index (χ3n) is 3.96. The van der Waals surface area contributed by atoms with Gasteiger partial charge in [-0.15, -0.1) is 0 Å². The molecule has 2 aromatic heterocycles. The van der Waals surface area contributed by atoms with Gasteiger partial charge in [0.15, 0.2) is 0 Å². The van der Waals surface area contributed by atoms with E-state index in [0.717, 1.165) is 32.8 Å². The van der Waals surface area contributed by atoms with Gasteiger partial charge in [0.2, 0.25) is 5.91 Å². The van der Waals surface area contributed by atoms with Gasteiger partial charge in [-0.3, -0.25) is 9.78 Å². The lowest BCUT2D eigenvalue weighted by Crippen LogP contribution is -2.19. The van der Waals surface area contributed by atoms with Crippen molar-refractivity contribution in [3.8, 4) is 11.1 Å². The summed E-state index contributed by atoms with van der Waals surface area (Å²) in [5, 5.41) is 2.94. The smallest absolute Gasteiger partial charge is 0.233 e. The van der Waals surface area contributed by atoms with Crippen LogP contribution in [-0.4, -0.2) is 15.9 Å². The number of hydrogen-bond donors (Lipinski definition) is 1. The Kier molecular flexibility index (Phi) is 5.24.